The van der Waals surface area contributed by atoms with Crippen molar-refractivity contribution in [2.24, 2.45) is 5.41 Å². The van der Waals surface area contributed by atoms with Crippen LogP contribution < -0.4 is 9.47 Å². The zero-order valence-electron chi connectivity index (χ0n) is 32.7. The molecule has 1 atom stereocenters. The van der Waals surface area contributed by atoms with Crippen LogP contribution in [0.4, 0.5) is 8.78 Å². The second-order valence-corrected chi connectivity index (χ2v) is 15.6. The number of thiocarbonyl (C=S) groups is 2. The lowest BCUT2D eigenvalue weighted by molar-refractivity contribution is -0.141. The van der Waals surface area contributed by atoms with E-state index in [-0.39, 0.29) is 17.9 Å². The minimum atomic E-state index is -0.961. The number of methoxy groups -OCH3 is 2. The SMILES string of the molecule is COc1cc2c(C(C(=O)O)C(C)(C)C)c(C)n(C(=S)c3ccc(C)cc3)c2cc1F.COc1cc2c(CC(=O)O)c(C)n(C(=S)c3ccc(C)cc3)c2cc1F. The van der Waals surface area contributed by atoms with Gasteiger partial charge in [0.25, 0.3) is 0 Å². The fraction of sp³-hybridized carbons (Fsp3) is 0.273. The number of nitrogens with zero attached hydrogens (tertiary/aromatic N) is 2. The number of benzene rings is 4. The summed E-state index contributed by atoms with van der Waals surface area (Å²) in [5.41, 5.74) is 6.90. The van der Waals surface area contributed by atoms with E-state index in [2.05, 4.69) is 0 Å². The van der Waals surface area contributed by atoms with Gasteiger partial charge in [-0.2, -0.15) is 0 Å². The van der Waals surface area contributed by atoms with Crippen LogP contribution in [0.1, 0.15) is 71.5 Å². The number of fused-ring (bicyclic) bond motifs is 2. The van der Waals surface area contributed by atoms with Crippen molar-refractivity contribution < 1.29 is 38.1 Å². The van der Waals surface area contributed by atoms with Crippen LogP contribution in [0.3, 0.4) is 0 Å². The molecule has 0 aliphatic rings. The zero-order valence-corrected chi connectivity index (χ0v) is 34.3. The Hall–Kier alpha value is -5.46. The maximum Gasteiger partial charge on any atom is 0.311 e. The molecule has 2 heterocycles. The van der Waals surface area contributed by atoms with Crippen LogP contribution in [-0.4, -0.2) is 55.5 Å². The molecule has 56 heavy (non-hydrogen) atoms. The molecule has 0 saturated carbocycles. The van der Waals surface area contributed by atoms with Crippen LogP contribution in [0.25, 0.3) is 21.8 Å². The van der Waals surface area contributed by atoms with Gasteiger partial charge in [-0.25, -0.2) is 8.78 Å². The van der Waals surface area contributed by atoms with Crippen molar-refractivity contribution in [3.63, 3.8) is 0 Å². The first kappa shape index (κ1) is 41.7. The van der Waals surface area contributed by atoms with Gasteiger partial charge in [-0.05, 0) is 56.4 Å². The molecule has 0 spiro atoms. The van der Waals surface area contributed by atoms with Gasteiger partial charge in [0, 0.05) is 45.4 Å². The van der Waals surface area contributed by atoms with Gasteiger partial charge >= 0.3 is 11.9 Å². The second-order valence-electron chi connectivity index (χ2n) is 14.8. The molecule has 0 aliphatic heterocycles. The summed E-state index contributed by atoms with van der Waals surface area (Å²) in [6.45, 7) is 13.2. The monoisotopic (exact) mass is 798 g/mol. The van der Waals surface area contributed by atoms with Crippen molar-refractivity contribution >= 4 is 68.2 Å². The molecule has 0 radical (unpaired) electrons. The third-order valence-corrected chi connectivity index (χ3v) is 10.7. The number of ether oxygens (including phenoxy) is 2. The molecular formula is C44H44F2N2O6S2. The van der Waals surface area contributed by atoms with Crippen molar-refractivity contribution in [3.8, 4) is 11.5 Å². The summed E-state index contributed by atoms with van der Waals surface area (Å²) >= 11 is 11.4. The van der Waals surface area contributed by atoms with Crippen LogP contribution in [0, 0.1) is 44.7 Å². The summed E-state index contributed by atoms with van der Waals surface area (Å²) < 4.78 is 42.7. The highest BCUT2D eigenvalue weighted by atomic mass is 32.1. The molecule has 292 valence electrons. The molecule has 0 fully saturated rings. The standard InChI is InChI=1S/C24H26FNO3S.C20H18FNO3S/c1-13-7-9-15(10-8-13)22(30)26-14(2)20(21(23(27)28)24(3,4)5)16-11-19(29-6)17(25)12-18(16)26;1-11-4-6-13(7-5-11)20(26)22-12(2)14(9-19(23)24)15-8-18(25-3)16(21)10-17(15)22/h7-12,21H,1-6H3,(H,27,28);4-8,10H,9H2,1-3H3,(H,23,24). The topological polar surface area (TPSA) is 103 Å². The van der Waals surface area contributed by atoms with Crippen molar-refractivity contribution in [2.75, 3.05) is 14.2 Å². The molecule has 12 heteroatoms. The van der Waals surface area contributed by atoms with Gasteiger partial charge in [-0.3, -0.25) is 9.59 Å². The van der Waals surface area contributed by atoms with Gasteiger partial charge in [0.15, 0.2) is 23.1 Å². The van der Waals surface area contributed by atoms with E-state index in [9.17, 15) is 28.6 Å². The molecule has 6 aromatic rings. The van der Waals surface area contributed by atoms with Gasteiger partial charge in [-0.15, -0.1) is 0 Å². The average Bonchev–Trinajstić information content (AvgIpc) is 3.54. The number of aliphatic carboxylic acids is 2. The van der Waals surface area contributed by atoms with E-state index < -0.39 is 34.9 Å². The molecule has 2 N–H and O–H groups in total. The lowest BCUT2D eigenvalue weighted by Crippen LogP contribution is -2.27. The number of carboxylic acids is 2. The van der Waals surface area contributed by atoms with Gasteiger partial charge in [-0.1, -0.05) is 105 Å². The smallest absolute Gasteiger partial charge is 0.311 e. The van der Waals surface area contributed by atoms with Crippen molar-refractivity contribution in [3.05, 3.63) is 129 Å². The predicted octanol–water partition coefficient (Wildman–Crippen LogP) is 10.1. The largest absolute Gasteiger partial charge is 0.494 e. The summed E-state index contributed by atoms with van der Waals surface area (Å²) in [4.78, 5) is 24.6. The summed E-state index contributed by atoms with van der Waals surface area (Å²) in [5, 5.41) is 20.6. The van der Waals surface area contributed by atoms with Gasteiger partial charge in [0.05, 0.1) is 37.6 Å². The van der Waals surface area contributed by atoms with Crippen molar-refractivity contribution in [1.29, 1.82) is 0 Å². The Bertz CT molecular complexity index is 2510. The minimum Gasteiger partial charge on any atom is -0.494 e. The molecule has 0 saturated heterocycles. The summed E-state index contributed by atoms with van der Waals surface area (Å²) in [5.74, 6) is -3.61. The number of hydrogen-bond donors (Lipinski definition) is 2. The number of rotatable bonds is 8. The lowest BCUT2D eigenvalue weighted by atomic mass is 9.75. The van der Waals surface area contributed by atoms with Gasteiger partial charge < -0.3 is 28.8 Å². The second kappa shape index (κ2) is 16.3. The maximum absolute atomic E-state index is 14.7. The third-order valence-electron chi connectivity index (χ3n) is 9.87. The lowest BCUT2D eigenvalue weighted by Gasteiger charge is -2.28. The highest BCUT2D eigenvalue weighted by Crippen LogP contribution is 2.43. The average molecular weight is 799 g/mol. The number of hydrogen-bond acceptors (Lipinski definition) is 6. The molecule has 6 rings (SSSR count). The first-order valence-electron chi connectivity index (χ1n) is 17.7. The maximum atomic E-state index is 14.7. The molecule has 8 nitrogen and oxygen atoms in total. The van der Waals surface area contributed by atoms with Crippen LogP contribution in [0.15, 0.2) is 72.8 Å². The fourth-order valence-electron chi connectivity index (χ4n) is 7.07. The number of carboxylic acid groups (broad SMARTS) is 2. The molecule has 1 unspecified atom stereocenters. The molecular weight excluding hydrogens is 755 g/mol. The number of aryl methyl sites for hydroxylation is 2. The minimum absolute atomic E-state index is 0.0696. The zero-order chi connectivity index (χ0) is 41.4. The normalized spacial score (nSPS) is 11.9. The Morgan fingerprint density at radius 2 is 1.11 bits per heavy atom. The predicted molar refractivity (Wildman–Crippen MR) is 224 cm³/mol. The van der Waals surface area contributed by atoms with E-state index in [1.807, 2.05) is 90.1 Å². The van der Waals surface area contributed by atoms with E-state index >= 15 is 0 Å². The van der Waals surface area contributed by atoms with Crippen molar-refractivity contribution in [2.45, 2.75) is 60.8 Å². The van der Waals surface area contributed by atoms with E-state index in [4.69, 9.17) is 33.9 Å². The van der Waals surface area contributed by atoms with Gasteiger partial charge in [0.2, 0.25) is 0 Å². The Labute approximate surface area is 335 Å². The van der Waals surface area contributed by atoms with Crippen LogP contribution >= 0.6 is 24.4 Å². The van der Waals surface area contributed by atoms with Crippen LogP contribution in [0.2, 0.25) is 0 Å². The molecule has 0 amide bonds. The third kappa shape index (κ3) is 8.08. The number of aromatic nitrogens is 2. The Morgan fingerprint density at radius 3 is 1.50 bits per heavy atom. The summed E-state index contributed by atoms with van der Waals surface area (Å²) in [6.07, 6.45) is -0.180. The highest BCUT2D eigenvalue weighted by Gasteiger charge is 2.37. The van der Waals surface area contributed by atoms with Crippen LogP contribution in [0.5, 0.6) is 11.5 Å². The fourth-order valence-corrected chi connectivity index (χ4v) is 7.81. The highest BCUT2D eigenvalue weighted by molar-refractivity contribution is 7.81. The van der Waals surface area contributed by atoms with E-state index in [1.54, 1.807) is 22.1 Å². The molecule has 4 aromatic carbocycles. The first-order valence-corrected chi connectivity index (χ1v) is 18.5. The molecule has 0 bridgehead atoms. The molecule has 0 aliphatic carbocycles. The Kier molecular flexibility index (Phi) is 12.2. The first-order chi connectivity index (χ1) is 26.3. The Morgan fingerprint density at radius 1 is 0.696 bits per heavy atom. The number of carbonyl (C=O) groups is 2. The summed E-state index contributed by atoms with van der Waals surface area (Å²) in [6, 6.07) is 21.3. The Balaban J connectivity index is 0.000000216. The summed E-state index contributed by atoms with van der Waals surface area (Å²) in [7, 11) is 2.77. The quantitative estimate of drug-likeness (QED) is 0.147. The van der Waals surface area contributed by atoms with E-state index in [1.165, 1.54) is 32.4 Å². The van der Waals surface area contributed by atoms with Gasteiger partial charge in [0.1, 0.15) is 9.98 Å². The molecule has 2 aromatic heterocycles. The number of halogens is 2. The van der Waals surface area contributed by atoms with E-state index in [0.29, 0.717) is 54.3 Å². The van der Waals surface area contributed by atoms with Crippen molar-refractivity contribution in [1.82, 2.24) is 9.13 Å². The van der Waals surface area contributed by atoms with E-state index in [0.717, 1.165) is 22.3 Å². The van der Waals surface area contributed by atoms with Crippen LogP contribution in [-0.2, 0) is 16.0 Å².